The number of nitrogens with one attached hydrogen (secondary N) is 1. The van der Waals surface area contributed by atoms with Crippen molar-refractivity contribution in [2.24, 2.45) is 5.10 Å². The van der Waals surface area contributed by atoms with E-state index in [4.69, 9.17) is 9.84 Å². The van der Waals surface area contributed by atoms with E-state index in [0.717, 1.165) is 28.1 Å². The molecule has 0 fully saturated rings. The van der Waals surface area contributed by atoms with E-state index in [1.807, 2.05) is 48.1 Å². The zero-order valence-corrected chi connectivity index (χ0v) is 17.7. The number of carbonyl (C=O) groups is 1. The van der Waals surface area contributed by atoms with Crippen LogP contribution in [0.15, 0.2) is 90.4 Å². The Morgan fingerprint density at radius 1 is 1.09 bits per heavy atom. The molecule has 0 atom stereocenters. The van der Waals surface area contributed by atoms with Gasteiger partial charge in [0.1, 0.15) is 11.4 Å². The van der Waals surface area contributed by atoms with Gasteiger partial charge in [0.2, 0.25) is 0 Å². The van der Waals surface area contributed by atoms with E-state index in [1.54, 1.807) is 42.9 Å². The Kier molecular flexibility index (Phi) is 6.67. The molecule has 2 aromatic heterocycles. The highest BCUT2D eigenvalue weighted by atomic mass is 16.5. The zero-order chi connectivity index (χ0) is 22.2. The normalized spacial score (nSPS) is 10.9. The highest BCUT2D eigenvalue weighted by Gasteiger charge is 2.11. The van der Waals surface area contributed by atoms with Crippen molar-refractivity contribution < 1.29 is 9.53 Å². The molecule has 0 saturated carbocycles. The first-order chi connectivity index (χ1) is 15.7. The molecule has 0 aliphatic heterocycles. The number of hydrazone groups is 1. The van der Waals surface area contributed by atoms with Gasteiger partial charge in [0.15, 0.2) is 0 Å². The summed E-state index contributed by atoms with van der Waals surface area (Å²) in [5.41, 5.74) is 6.61. The van der Waals surface area contributed by atoms with Crippen LogP contribution >= 0.6 is 0 Å². The first-order valence-corrected chi connectivity index (χ1v) is 10.3. The van der Waals surface area contributed by atoms with Crippen LogP contribution in [-0.4, -0.2) is 33.5 Å². The van der Waals surface area contributed by atoms with Crippen LogP contribution in [-0.2, 0) is 6.54 Å². The van der Waals surface area contributed by atoms with Crippen LogP contribution in [0.25, 0.3) is 11.3 Å². The number of hydrogen-bond acceptors (Lipinski definition) is 5. The zero-order valence-electron chi connectivity index (χ0n) is 17.7. The fourth-order valence-corrected chi connectivity index (χ4v) is 3.20. The summed E-state index contributed by atoms with van der Waals surface area (Å²) in [7, 11) is 0. The van der Waals surface area contributed by atoms with Crippen LogP contribution in [0.3, 0.4) is 0 Å². The minimum Gasteiger partial charge on any atom is -0.494 e. The van der Waals surface area contributed by atoms with Crippen LogP contribution in [0.1, 0.15) is 28.4 Å². The lowest BCUT2D eigenvalue weighted by Gasteiger charge is -2.04. The van der Waals surface area contributed by atoms with Gasteiger partial charge in [-0.25, -0.2) is 5.43 Å². The molecule has 4 aromatic rings. The van der Waals surface area contributed by atoms with E-state index < -0.39 is 0 Å². The van der Waals surface area contributed by atoms with Crippen LogP contribution in [0, 0.1) is 0 Å². The third-order valence-electron chi connectivity index (χ3n) is 4.71. The average Bonchev–Trinajstić information content (AvgIpc) is 3.23. The summed E-state index contributed by atoms with van der Waals surface area (Å²) in [4.78, 5) is 16.6. The number of benzene rings is 2. The smallest absolute Gasteiger partial charge is 0.271 e. The maximum Gasteiger partial charge on any atom is 0.271 e. The Labute approximate surface area is 186 Å². The number of carbonyl (C=O) groups excluding carboxylic acids is 1. The molecule has 2 aromatic carbocycles. The van der Waals surface area contributed by atoms with Gasteiger partial charge in [0.25, 0.3) is 5.91 Å². The van der Waals surface area contributed by atoms with Gasteiger partial charge in [0.05, 0.1) is 19.4 Å². The maximum absolute atomic E-state index is 12.4. The van der Waals surface area contributed by atoms with Gasteiger partial charge in [-0.2, -0.15) is 10.2 Å². The van der Waals surface area contributed by atoms with Crippen molar-refractivity contribution in [2.75, 3.05) is 6.61 Å². The summed E-state index contributed by atoms with van der Waals surface area (Å²) in [5.74, 6) is 0.420. The second-order valence-electron chi connectivity index (χ2n) is 7.01. The number of pyridine rings is 1. The molecule has 32 heavy (non-hydrogen) atoms. The summed E-state index contributed by atoms with van der Waals surface area (Å²) < 4.78 is 7.26. The summed E-state index contributed by atoms with van der Waals surface area (Å²) in [6.07, 6.45) is 6.98. The van der Waals surface area contributed by atoms with Gasteiger partial charge in [-0.1, -0.05) is 30.3 Å². The highest BCUT2D eigenvalue weighted by molar-refractivity contribution is 5.95. The number of nitrogens with zero attached hydrogens (tertiary/aromatic N) is 4. The van der Waals surface area contributed by atoms with Gasteiger partial charge < -0.3 is 4.74 Å². The quantitative estimate of drug-likeness (QED) is 0.340. The highest BCUT2D eigenvalue weighted by Crippen LogP contribution is 2.20. The lowest BCUT2D eigenvalue weighted by atomic mass is 10.1. The summed E-state index contributed by atoms with van der Waals surface area (Å²) in [6, 6.07) is 20.8. The monoisotopic (exact) mass is 425 g/mol. The van der Waals surface area contributed by atoms with Gasteiger partial charge in [-0.15, -0.1) is 0 Å². The molecular formula is C25H23N5O2. The Morgan fingerprint density at radius 3 is 2.62 bits per heavy atom. The molecule has 0 bridgehead atoms. The molecule has 7 heteroatoms. The molecule has 0 spiro atoms. The lowest BCUT2D eigenvalue weighted by Crippen LogP contribution is -2.17. The number of amides is 1. The Morgan fingerprint density at radius 2 is 1.91 bits per heavy atom. The molecule has 7 nitrogen and oxygen atoms in total. The van der Waals surface area contributed by atoms with Gasteiger partial charge >= 0.3 is 0 Å². The molecule has 0 saturated heterocycles. The fraction of sp³-hybridized carbons (Fsp3) is 0.120. The maximum atomic E-state index is 12.4. The Hall–Kier alpha value is -4.26. The lowest BCUT2D eigenvalue weighted by molar-refractivity contribution is 0.0955. The molecule has 0 unspecified atom stereocenters. The molecule has 1 N–H and O–H groups in total. The second-order valence-corrected chi connectivity index (χ2v) is 7.01. The third-order valence-corrected chi connectivity index (χ3v) is 4.71. The Bertz CT molecular complexity index is 1190. The first kappa shape index (κ1) is 21.0. The minimum absolute atomic E-state index is 0.302. The van der Waals surface area contributed by atoms with Crippen LogP contribution in [0.5, 0.6) is 5.75 Å². The summed E-state index contributed by atoms with van der Waals surface area (Å²) in [6.45, 7) is 3.12. The van der Waals surface area contributed by atoms with Crippen molar-refractivity contribution in [3.63, 3.8) is 0 Å². The predicted octanol–water partition coefficient (Wildman–Crippen LogP) is 4.16. The van der Waals surface area contributed by atoms with E-state index in [0.29, 0.717) is 18.7 Å². The van der Waals surface area contributed by atoms with Crippen molar-refractivity contribution in [1.82, 2.24) is 20.2 Å². The van der Waals surface area contributed by atoms with E-state index in [-0.39, 0.29) is 5.91 Å². The molecule has 2 heterocycles. The second kappa shape index (κ2) is 10.2. The molecule has 4 rings (SSSR count). The molecule has 0 radical (unpaired) electrons. The SMILES string of the molecule is CCOc1ccc(C(=O)N/N=C/c2cn(Cc3ccccc3)nc2-c2cccnc2)cc1. The number of hydrogen-bond donors (Lipinski definition) is 1. The van der Waals surface area contributed by atoms with E-state index >= 15 is 0 Å². The van der Waals surface area contributed by atoms with Crippen LogP contribution in [0.2, 0.25) is 0 Å². The first-order valence-electron chi connectivity index (χ1n) is 10.3. The van der Waals surface area contributed by atoms with Gasteiger partial charge in [-0.3, -0.25) is 14.5 Å². The fourth-order valence-electron chi connectivity index (χ4n) is 3.20. The van der Waals surface area contributed by atoms with Crippen molar-refractivity contribution in [1.29, 1.82) is 0 Å². The molecular weight excluding hydrogens is 402 g/mol. The van der Waals surface area contributed by atoms with Crippen LogP contribution < -0.4 is 10.2 Å². The molecule has 160 valence electrons. The standard InChI is InChI=1S/C25H23N5O2/c1-2-32-23-12-10-20(11-13-23)25(31)28-27-16-22-18-30(17-19-7-4-3-5-8-19)29-24(22)21-9-6-14-26-15-21/h3-16,18H,2,17H2,1H3,(H,28,31)/b27-16+. The van der Waals surface area contributed by atoms with Gasteiger partial charge in [-0.05, 0) is 48.9 Å². The molecule has 0 aliphatic rings. The van der Waals surface area contributed by atoms with Gasteiger partial charge in [0, 0.05) is 35.3 Å². The molecule has 1 amide bonds. The number of rotatable bonds is 8. The van der Waals surface area contributed by atoms with Crippen molar-refractivity contribution in [3.05, 3.63) is 102 Å². The Balaban J connectivity index is 1.52. The van der Waals surface area contributed by atoms with E-state index in [9.17, 15) is 4.79 Å². The van der Waals surface area contributed by atoms with Crippen LogP contribution in [0.4, 0.5) is 0 Å². The summed E-state index contributed by atoms with van der Waals surface area (Å²) in [5, 5.41) is 8.87. The topological polar surface area (TPSA) is 81.4 Å². The van der Waals surface area contributed by atoms with Crippen molar-refractivity contribution in [2.45, 2.75) is 13.5 Å². The number of ether oxygens (including phenoxy) is 1. The van der Waals surface area contributed by atoms with Crippen molar-refractivity contribution in [3.8, 4) is 17.0 Å². The largest absolute Gasteiger partial charge is 0.494 e. The van der Waals surface area contributed by atoms with E-state index in [1.165, 1.54) is 0 Å². The number of aromatic nitrogens is 3. The minimum atomic E-state index is -0.302. The predicted molar refractivity (Wildman–Crippen MR) is 124 cm³/mol. The third kappa shape index (κ3) is 5.26. The summed E-state index contributed by atoms with van der Waals surface area (Å²) >= 11 is 0. The average molecular weight is 425 g/mol. The van der Waals surface area contributed by atoms with Crippen molar-refractivity contribution >= 4 is 12.1 Å². The molecule has 0 aliphatic carbocycles. The van der Waals surface area contributed by atoms with E-state index in [2.05, 4.69) is 27.6 Å².